The largest absolute Gasteiger partial charge is 0.461 e. The van der Waals surface area contributed by atoms with Gasteiger partial charge in [-0.1, -0.05) is 74.7 Å². The van der Waals surface area contributed by atoms with E-state index in [0.29, 0.717) is 36.0 Å². The Morgan fingerprint density at radius 3 is 2.50 bits per heavy atom. The van der Waals surface area contributed by atoms with Crippen LogP contribution >= 0.6 is 0 Å². The molecule has 4 fully saturated rings. The number of imidazole rings is 1. The zero-order valence-corrected chi connectivity index (χ0v) is 31.4. The van der Waals surface area contributed by atoms with Crippen molar-refractivity contribution < 1.29 is 19.4 Å². The first-order valence-electron chi connectivity index (χ1n) is 19.7. The van der Waals surface area contributed by atoms with Crippen LogP contribution in [-0.2, 0) is 20.7 Å². The zero-order valence-electron chi connectivity index (χ0n) is 31.4. The van der Waals surface area contributed by atoms with Crippen molar-refractivity contribution in [1.29, 1.82) is 0 Å². The Bertz CT molecular complexity index is 1220. The fourth-order valence-electron chi connectivity index (χ4n) is 11.5. The Morgan fingerprint density at radius 2 is 1.83 bits per heavy atom. The van der Waals surface area contributed by atoms with Crippen LogP contribution in [0.1, 0.15) is 138 Å². The van der Waals surface area contributed by atoms with Crippen molar-refractivity contribution in [3.8, 4) is 0 Å². The summed E-state index contributed by atoms with van der Waals surface area (Å²) in [5.74, 6) is 3.45. The number of nitrogens with zero attached hydrogens (tertiary/aromatic N) is 1. The van der Waals surface area contributed by atoms with Gasteiger partial charge in [0.25, 0.3) is 0 Å². The molecule has 5 rings (SSSR count). The van der Waals surface area contributed by atoms with Gasteiger partial charge >= 0.3 is 5.97 Å². The van der Waals surface area contributed by atoms with Crippen LogP contribution in [0.25, 0.3) is 0 Å². The third-order valence-electron chi connectivity index (χ3n) is 14.2. The molecule has 0 radical (unpaired) electrons. The normalized spacial score (nSPS) is 37.4. The first-order chi connectivity index (χ1) is 22.7. The lowest BCUT2D eigenvalue weighted by Gasteiger charge is -2.66. The standard InChI is InChI=1S/C40H68N4O4/c1-9-35(45)44-36(26(4)5)37(46)48-29-15-19-39(8)33-16-18-38(7)31(27(6)12-10-11-25(2)3)13-14-32(38)30(33)21-34(40(39,47)22-29)42-20-17-28-23-41-24-43-28/h23-27,29-34,36,42,47H,9-22H2,1-8H3,(H,41,43)(H,44,45)/t27?,29-,30-,31+,32-,33-,34+,36?,38+,39+,40-/m0/s1. The molecule has 48 heavy (non-hydrogen) atoms. The summed E-state index contributed by atoms with van der Waals surface area (Å²) in [5.41, 5.74) is 0.194. The summed E-state index contributed by atoms with van der Waals surface area (Å²) in [7, 11) is 0. The highest BCUT2D eigenvalue weighted by molar-refractivity contribution is 5.84. The summed E-state index contributed by atoms with van der Waals surface area (Å²) in [6.07, 6.45) is 16.5. The number of hydrogen-bond donors (Lipinski definition) is 4. The summed E-state index contributed by atoms with van der Waals surface area (Å²) in [5, 5.41) is 19.8. The molecule has 11 atom stereocenters. The van der Waals surface area contributed by atoms with Gasteiger partial charge in [-0.25, -0.2) is 9.78 Å². The molecular formula is C40H68N4O4. The predicted octanol–water partition coefficient (Wildman–Crippen LogP) is 7.22. The summed E-state index contributed by atoms with van der Waals surface area (Å²) >= 11 is 0. The molecule has 0 aromatic carbocycles. The quantitative estimate of drug-likeness (QED) is 0.156. The van der Waals surface area contributed by atoms with Crippen LogP contribution in [0.4, 0.5) is 0 Å². The fraction of sp³-hybridized carbons (Fsp3) is 0.875. The lowest BCUT2D eigenvalue weighted by molar-refractivity contribution is -0.237. The van der Waals surface area contributed by atoms with Crippen LogP contribution in [0.2, 0.25) is 0 Å². The van der Waals surface area contributed by atoms with Crippen LogP contribution in [-0.4, -0.2) is 57.3 Å². The second-order valence-corrected chi connectivity index (χ2v) is 17.8. The van der Waals surface area contributed by atoms with E-state index >= 15 is 0 Å². The molecule has 0 aliphatic heterocycles. The molecule has 4 aliphatic carbocycles. The lowest BCUT2D eigenvalue weighted by atomic mass is 9.42. The number of esters is 1. The number of aliphatic hydroxyl groups is 1. The van der Waals surface area contributed by atoms with Gasteiger partial charge in [0.2, 0.25) is 5.91 Å². The Balaban J connectivity index is 1.36. The maximum atomic E-state index is 13.5. The number of rotatable bonds is 14. The first-order valence-corrected chi connectivity index (χ1v) is 19.7. The van der Waals surface area contributed by atoms with Gasteiger partial charge in [0.05, 0.1) is 11.9 Å². The smallest absolute Gasteiger partial charge is 0.329 e. The van der Waals surface area contributed by atoms with Gasteiger partial charge in [-0.3, -0.25) is 4.79 Å². The number of nitrogens with one attached hydrogen (secondary N) is 3. The van der Waals surface area contributed by atoms with E-state index in [4.69, 9.17) is 4.74 Å². The van der Waals surface area contributed by atoms with E-state index in [1.165, 1.54) is 44.9 Å². The number of aromatic nitrogens is 2. The summed E-state index contributed by atoms with van der Waals surface area (Å²) < 4.78 is 6.19. The molecular weight excluding hydrogens is 600 g/mol. The van der Waals surface area contributed by atoms with Crippen LogP contribution in [0.15, 0.2) is 12.5 Å². The van der Waals surface area contributed by atoms with Gasteiger partial charge in [-0.2, -0.15) is 0 Å². The molecule has 272 valence electrons. The molecule has 1 aromatic rings. The minimum Gasteiger partial charge on any atom is -0.461 e. The highest BCUT2D eigenvalue weighted by Gasteiger charge is 2.68. The van der Waals surface area contributed by atoms with E-state index in [2.05, 4.69) is 55.2 Å². The van der Waals surface area contributed by atoms with Gasteiger partial charge in [-0.15, -0.1) is 0 Å². The Hall–Kier alpha value is -1.93. The first kappa shape index (κ1) is 37.3. The minimum atomic E-state index is -0.999. The van der Waals surface area contributed by atoms with E-state index in [1.54, 1.807) is 13.3 Å². The van der Waals surface area contributed by atoms with Crippen molar-refractivity contribution in [2.45, 2.75) is 163 Å². The number of fused-ring (bicyclic) bond motifs is 5. The predicted molar refractivity (Wildman–Crippen MR) is 191 cm³/mol. The van der Waals surface area contributed by atoms with Crippen LogP contribution in [0.5, 0.6) is 0 Å². The van der Waals surface area contributed by atoms with Crippen molar-refractivity contribution in [2.75, 3.05) is 6.54 Å². The molecule has 4 N–H and O–H groups in total. The van der Waals surface area contributed by atoms with E-state index in [-0.39, 0.29) is 35.4 Å². The van der Waals surface area contributed by atoms with Gasteiger partial charge in [0.1, 0.15) is 12.1 Å². The highest BCUT2D eigenvalue weighted by Crippen LogP contribution is 2.69. The average Bonchev–Trinajstić information content (AvgIpc) is 3.68. The number of hydrogen-bond acceptors (Lipinski definition) is 6. The third kappa shape index (κ3) is 7.27. The fourth-order valence-corrected chi connectivity index (χ4v) is 11.5. The Morgan fingerprint density at radius 1 is 1.06 bits per heavy atom. The Labute approximate surface area is 291 Å². The van der Waals surface area contributed by atoms with Crippen molar-refractivity contribution in [3.05, 3.63) is 18.2 Å². The van der Waals surface area contributed by atoms with Crippen LogP contribution in [0, 0.1) is 52.3 Å². The summed E-state index contributed by atoms with van der Waals surface area (Å²) in [4.78, 5) is 33.1. The maximum Gasteiger partial charge on any atom is 0.329 e. The number of ether oxygens (including phenoxy) is 1. The van der Waals surface area contributed by atoms with Crippen molar-refractivity contribution >= 4 is 11.9 Å². The molecule has 1 heterocycles. The third-order valence-corrected chi connectivity index (χ3v) is 14.2. The summed E-state index contributed by atoms with van der Waals surface area (Å²) in [6, 6.07) is -0.766. The van der Waals surface area contributed by atoms with Gasteiger partial charge in [0.15, 0.2) is 0 Å². The molecule has 8 nitrogen and oxygen atoms in total. The van der Waals surface area contributed by atoms with Crippen LogP contribution < -0.4 is 10.6 Å². The van der Waals surface area contributed by atoms with Crippen LogP contribution in [0.3, 0.4) is 0 Å². The van der Waals surface area contributed by atoms with E-state index < -0.39 is 11.6 Å². The SMILES string of the molecule is CCC(=O)NC(C(=O)O[C@H]1CC[C@]2(C)[C@H]3CC[C@]4(C)[C@@H](C(C)CCCC(C)C)CC[C@H]4[C@@H]3C[C@@H](NCCc3cnc[nH]3)[C@@]2(O)C1)C(C)C. The second-order valence-electron chi connectivity index (χ2n) is 17.8. The number of carbonyl (C=O) groups excluding carboxylic acids is 2. The van der Waals surface area contributed by atoms with Gasteiger partial charge in [-0.05, 0) is 91.8 Å². The number of amides is 1. The second kappa shape index (κ2) is 15.1. The molecule has 0 spiro atoms. The molecule has 4 aliphatic rings. The van der Waals surface area contributed by atoms with E-state index in [0.717, 1.165) is 55.7 Å². The molecule has 0 bridgehead atoms. The zero-order chi connectivity index (χ0) is 34.9. The van der Waals surface area contributed by atoms with Crippen molar-refractivity contribution in [2.24, 2.45) is 52.3 Å². The molecule has 2 unspecified atom stereocenters. The molecule has 1 aromatic heterocycles. The molecule has 1 amide bonds. The molecule has 4 saturated carbocycles. The number of aromatic amines is 1. The molecule has 0 saturated heterocycles. The monoisotopic (exact) mass is 669 g/mol. The maximum absolute atomic E-state index is 13.5. The Kier molecular flexibility index (Phi) is 11.8. The summed E-state index contributed by atoms with van der Waals surface area (Å²) in [6.45, 7) is 18.6. The minimum absolute atomic E-state index is 0.0815. The van der Waals surface area contributed by atoms with E-state index in [9.17, 15) is 14.7 Å². The van der Waals surface area contributed by atoms with Gasteiger partial charge in [0, 0.05) is 49.2 Å². The number of H-pyrrole nitrogens is 1. The lowest BCUT2D eigenvalue weighted by Crippen LogP contribution is -2.71. The van der Waals surface area contributed by atoms with Gasteiger partial charge < -0.3 is 25.5 Å². The average molecular weight is 669 g/mol. The van der Waals surface area contributed by atoms with Crippen molar-refractivity contribution in [1.82, 2.24) is 20.6 Å². The number of carbonyl (C=O) groups is 2. The highest BCUT2D eigenvalue weighted by atomic mass is 16.5. The van der Waals surface area contributed by atoms with Crippen molar-refractivity contribution in [3.63, 3.8) is 0 Å². The molecule has 8 heteroatoms. The van der Waals surface area contributed by atoms with E-state index in [1.807, 2.05) is 20.0 Å². The topological polar surface area (TPSA) is 116 Å².